The Morgan fingerprint density at radius 3 is 1.21 bits per heavy atom. The van der Waals surface area contributed by atoms with E-state index in [1.807, 2.05) is 0 Å². The third-order valence-electron chi connectivity index (χ3n) is 13.6. The van der Waals surface area contributed by atoms with Crippen molar-refractivity contribution in [3.8, 4) is 0 Å². The smallest absolute Gasteiger partial charge is 0.306 e. The number of aliphatic hydroxyl groups is 7. The van der Waals surface area contributed by atoms with Crippen molar-refractivity contribution in [1.82, 2.24) is 0 Å². The topological polar surface area (TPSA) is 214 Å². The SMILES string of the molecule is CCCCCCCCCCCCCCCCCCCCOCC(COC1OC(COC2OC(CO)C(O)C(O)C2O)C(O)C(O)C1O)OC(=O)CCCCCCCCCCCCCCCCC. The van der Waals surface area contributed by atoms with Gasteiger partial charge in [0.05, 0.1) is 26.4 Å². The minimum Gasteiger partial charge on any atom is -0.457 e. The lowest BCUT2D eigenvalue weighted by Gasteiger charge is -2.42. The van der Waals surface area contributed by atoms with Crippen LogP contribution in [0.5, 0.6) is 0 Å². The van der Waals surface area contributed by atoms with Crippen molar-refractivity contribution < 1.29 is 69.0 Å². The molecule has 2 aliphatic heterocycles. The van der Waals surface area contributed by atoms with Crippen LogP contribution in [0.4, 0.5) is 0 Å². The van der Waals surface area contributed by atoms with Gasteiger partial charge in [-0.3, -0.25) is 4.79 Å². The molecule has 11 unspecified atom stereocenters. The summed E-state index contributed by atoms with van der Waals surface area (Å²) in [5.41, 5.74) is 0. The molecule has 0 aromatic rings. The molecular formula is C53H102O14. The van der Waals surface area contributed by atoms with Crippen molar-refractivity contribution in [3.63, 3.8) is 0 Å². The fourth-order valence-corrected chi connectivity index (χ4v) is 9.11. The minimum absolute atomic E-state index is 0.0706. The lowest BCUT2D eigenvalue weighted by molar-refractivity contribution is -0.332. The summed E-state index contributed by atoms with van der Waals surface area (Å²) >= 11 is 0. The second-order valence-corrected chi connectivity index (χ2v) is 19.8. The van der Waals surface area contributed by atoms with Crippen LogP contribution in [0.3, 0.4) is 0 Å². The summed E-state index contributed by atoms with van der Waals surface area (Å²) in [4.78, 5) is 13.0. The average Bonchev–Trinajstić information content (AvgIpc) is 3.32. The maximum Gasteiger partial charge on any atom is 0.306 e. The maximum atomic E-state index is 13.0. The lowest BCUT2D eigenvalue weighted by Crippen LogP contribution is -2.61. The summed E-state index contributed by atoms with van der Waals surface area (Å²) in [6, 6.07) is 0. The molecule has 11 atom stereocenters. The molecule has 0 saturated carbocycles. The van der Waals surface area contributed by atoms with E-state index in [0.29, 0.717) is 6.61 Å². The number of carbonyl (C=O) groups excluding carboxylic acids is 1. The number of hydrogen-bond donors (Lipinski definition) is 7. The first kappa shape index (κ1) is 62.1. The van der Waals surface area contributed by atoms with Gasteiger partial charge in [-0.05, 0) is 12.8 Å². The van der Waals surface area contributed by atoms with Gasteiger partial charge in [-0.15, -0.1) is 0 Å². The predicted octanol–water partition coefficient (Wildman–Crippen LogP) is 8.86. The van der Waals surface area contributed by atoms with Gasteiger partial charge in [0, 0.05) is 13.0 Å². The Morgan fingerprint density at radius 1 is 0.433 bits per heavy atom. The highest BCUT2D eigenvalue weighted by Gasteiger charge is 2.47. The van der Waals surface area contributed by atoms with Gasteiger partial charge < -0.3 is 64.2 Å². The molecule has 2 saturated heterocycles. The molecule has 0 aromatic heterocycles. The fourth-order valence-electron chi connectivity index (χ4n) is 9.11. The number of aliphatic hydroxyl groups excluding tert-OH is 7. The fraction of sp³-hybridized carbons (Fsp3) is 0.981. The molecule has 2 heterocycles. The van der Waals surface area contributed by atoms with Crippen molar-refractivity contribution in [1.29, 1.82) is 0 Å². The lowest BCUT2D eigenvalue weighted by atomic mass is 9.98. The van der Waals surface area contributed by atoms with Crippen molar-refractivity contribution in [2.75, 3.05) is 33.0 Å². The van der Waals surface area contributed by atoms with Gasteiger partial charge in [0.25, 0.3) is 0 Å². The van der Waals surface area contributed by atoms with E-state index in [0.717, 1.165) is 44.9 Å². The van der Waals surface area contributed by atoms with Crippen LogP contribution in [0.15, 0.2) is 0 Å². The number of rotatable bonds is 45. The third-order valence-corrected chi connectivity index (χ3v) is 13.6. The molecule has 398 valence electrons. The number of ether oxygens (including phenoxy) is 6. The van der Waals surface area contributed by atoms with Crippen LogP contribution in [0.25, 0.3) is 0 Å². The third kappa shape index (κ3) is 29.2. The zero-order valence-electron chi connectivity index (χ0n) is 42.4. The van der Waals surface area contributed by atoms with E-state index in [2.05, 4.69) is 13.8 Å². The zero-order chi connectivity index (χ0) is 48.7. The first-order valence-electron chi connectivity index (χ1n) is 27.6. The Hall–Kier alpha value is -1.01. The van der Waals surface area contributed by atoms with Crippen molar-refractivity contribution >= 4 is 5.97 Å². The molecule has 0 bridgehead atoms. The predicted molar refractivity (Wildman–Crippen MR) is 261 cm³/mol. The summed E-state index contributed by atoms with van der Waals surface area (Å²) in [6.45, 7) is 3.75. The van der Waals surface area contributed by atoms with Crippen LogP contribution < -0.4 is 0 Å². The van der Waals surface area contributed by atoms with Gasteiger partial charge in [-0.1, -0.05) is 213 Å². The highest BCUT2D eigenvalue weighted by Crippen LogP contribution is 2.27. The molecule has 2 fully saturated rings. The van der Waals surface area contributed by atoms with Crippen molar-refractivity contribution in [2.45, 2.75) is 300 Å². The Morgan fingerprint density at radius 2 is 0.791 bits per heavy atom. The molecule has 0 radical (unpaired) electrons. The van der Waals surface area contributed by atoms with E-state index >= 15 is 0 Å². The molecule has 0 aromatic carbocycles. The van der Waals surface area contributed by atoms with E-state index in [1.54, 1.807) is 0 Å². The summed E-state index contributed by atoms with van der Waals surface area (Å²) in [7, 11) is 0. The highest BCUT2D eigenvalue weighted by atomic mass is 16.7. The molecule has 2 rings (SSSR count). The highest BCUT2D eigenvalue weighted by molar-refractivity contribution is 5.69. The van der Waals surface area contributed by atoms with Crippen LogP contribution in [0.2, 0.25) is 0 Å². The molecule has 67 heavy (non-hydrogen) atoms. The summed E-state index contributed by atoms with van der Waals surface area (Å²) in [5, 5.41) is 72.2. The van der Waals surface area contributed by atoms with E-state index in [4.69, 9.17) is 28.4 Å². The molecule has 7 N–H and O–H groups in total. The van der Waals surface area contributed by atoms with Crippen LogP contribution in [-0.2, 0) is 33.2 Å². The van der Waals surface area contributed by atoms with E-state index in [-0.39, 0.29) is 25.6 Å². The van der Waals surface area contributed by atoms with Crippen LogP contribution in [0, 0.1) is 0 Å². The quantitative estimate of drug-likeness (QED) is 0.0224. The van der Waals surface area contributed by atoms with E-state index < -0.39 is 80.7 Å². The Balaban J connectivity index is 1.73. The molecule has 2 aliphatic rings. The van der Waals surface area contributed by atoms with Gasteiger partial charge in [0.15, 0.2) is 12.6 Å². The van der Waals surface area contributed by atoms with Crippen LogP contribution in [0.1, 0.15) is 232 Å². The number of unbranched alkanes of at least 4 members (excludes halogenated alkanes) is 31. The number of hydrogen-bond acceptors (Lipinski definition) is 14. The molecule has 0 amide bonds. The minimum atomic E-state index is -1.70. The summed E-state index contributed by atoms with van der Waals surface area (Å²) in [5.74, 6) is -0.369. The summed E-state index contributed by atoms with van der Waals surface area (Å²) < 4.78 is 34.4. The molecule has 14 heteroatoms. The number of carbonyl (C=O) groups is 1. The molecular weight excluding hydrogens is 861 g/mol. The van der Waals surface area contributed by atoms with Crippen LogP contribution >= 0.6 is 0 Å². The standard InChI is InChI=1S/C53H102O14/c1-3-5-7-9-11-13-15-17-19-20-21-23-25-27-29-31-33-35-37-62-39-42(65-45(55)36-34-32-30-28-26-24-22-18-16-14-12-10-8-6-4-2)40-63-52-51(61)49(59)47(57)44(67-52)41-64-53-50(60)48(58)46(56)43(38-54)66-53/h42-44,46-54,56-61H,3-41H2,1-2H3. The van der Waals surface area contributed by atoms with Gasteiger partial charge >= 0.3 is 5.97 Å². The van der Waals surface area contributed by atoms with Crippen LogP contribution in [-0.4, -0.2) is 142 Å². The zero-order valence-corrected chi connectivity index (χ0v) is 42.4. The second kappa shape index (κ2) is 41.6. The Kier molecular flexibility index (Phi) is 38.6. The van der Waals surface area contributed by atoms with Crippen molar-refractivity contribution in [2.24, 2.45) is 0 Å². The maximum absolute atomic E-state index is 13.0. The monoisotopic (exact) mass is 963 g/mol. The molecule has 0 spiro atoms. The second-order valence-electron chi connectivity index (χ2n) is 19.8. The Bertz CT molecular complexity index is 1120. The van der Waals surface area contributed by atoms with Gasteiger partial charge in [0.2, 0.25) is 0 Å². The van der Waals surface area contributed by atoms with E-state index in [9.17, 15) is 40.5 Å². The van der Waals surface area contributed by atoms with E-state index in [1.165, 1.54) is 167 Å². The molecule has 0 aliphatic carbocycles. The average molecular weight is 963 g/mol. The van der Waals surface area contributed by atoms with Gasteiger partial charge in [-0.25, -0.2) is 0 Å². The van der Waals surface area contributed by atoms with Crippen molar-refractivity contribution in [3.05, 3.63) is 0 Å². The van der Waals surface area contributed by atoms with Gasteiger partial charge in [-0.2, -0.15) is 0 Å². The first-order chi connectivity index (χ1) is 32.6. The first-order valence-corrected chi connectivity index (χ1v) is 27.6. The molecule has 14 nitrogen and oxygen atoms in total. The summed E-state index contributed by atoms with van der Waals surface area (Å²) in [6.07, 6.45) is 25.9. The number of esters is 1. The Labute approximate surface area is 406 Å². The largest absolute Gasteiger partial charge is 0.457 e. The normalized spacial score (nSPS) is 26.0. The van der Waals surface area contributed by atoms with Gasteiger partial charge in [0.1, 0.15) is 54.9 Å².